The molecule has 194 valence electrons. The lowest BCUT2D eigenvalue weighted by Crippen LogP contribution is -2.43. The topological polar surface area (TPSA) is 98.1 Å². The second kappa shape index (κ2) is 12.6. The van der Waals surface area contributed by atoms with Gasteiger partial charge in [-0.1, -0.05) is 19.1 Å². The van der Waals surface area contributed by atoms with E-state index in [9.17, 15) is 14.9 Å². The Labute approximate surface area is 217 Å². The van der Waals surface area contributed by atoms with Gasteiger partial charge in [-0.05, 0) is 73.7 Å². The Morgan fingerprint density at radius 3 is 2.30 bits per heavy atom. The van der Waals surface area contributed by atoms with Gasteiger partial charge < -0.3 is 18.9 Å². The Morgan fingerprint density at radius 2 is 1.65 bits per heavy atom. The molecule has 37 heavy (non-hydrogen) atoms. The van der Waals surface area contributed by atoms with Crippen molar-refractivity contribution in [2.75, 3.05) is 34.0 Å². The van der Waals surface area contributed by atoms with E-state index in [4.69, 9.17) is 18.9 Å². The molecular formula is C29H32N2O6. The van der Waals surface area contributed by atoms with Crippen LogP contribution in [0.25, 0.3) is 6.08 Å². The lowest BCUT2D eigenvalue weighted by atomic mass is 9.93. The second-order valence-corrected chi connectivity index (χ2v) is 8.36. The summed E-state index contributed by atoms with van der Waals surface area (Å²) in [5.74, 6) is 1.29. The number of rotatable bonds is 11. The number of nitrogens with zero attached hydrogens (tertiary/aromatic N) is 2. The van der Waals surface area contributed by atoms with Crippen LogP contribution in [0.15, 0.2) is 53.1 Å². The molecule has 0 aliphatic carbocycles. The van der Waals surface area contributed by atoms with Gasteiger partial charge in [0.1, 0.15) is 11.6 Å². The third kappa shape index (κ3) is 6.12. The van der Waals surface area contributed by atoms with Crippen molar-refractivity contribution in [1.29, 1.82) is 5.26 Å². The minimum absolute atomic E-state index is 0.0499. The van der Waals surface area contributed by atoms with E-state index in [1.165, 1.54) is 0 Å². The molecule has 8 heteroatoms. The molecule has 0 saturated carbocycles. The standard InChI is InChI=1S/C29H32N2O6/c1-6-14-37-25-11-9-21(17-27(25)36-7-2)15-22-19(3)23(18-30)29(33)31(28(22)32)13-12-20-8-10-24(34-4)26(16-20)35-5/h8-11,15-17H,6-7,12-14H2,1-5H3/b22-15+. The molecule has 0 aromatic heterocycles. The summed E-state index contributed by atoms with van der Waals surface area (Å²) < 4.78 is 22.1. The summed E-state index contributed by atoms with van der Waals surface area (Å²) in [6, 6.07) is 12.8. The highest BCUT2D eigenvalue weighted by Gasteiger charge is 2.35. The van der Waals surface area contributed by atoms with E-state index < -0.39 is 11.8 Å². The zero-order chi connectivity index (χ0) is 26.9. The smallest absolute Gasteiger partial charge is 0.271 e. The highest BCUT2D eigenvalue weighted by molar-refractivity contribution is 6.19. The molecule has 1 heterocycles. The van der Waals surface area contributed by atoms with E-state index in [-0.39, 0.29) is 17.7 Å². The molecule has 1 aliphatic heterocycles. The Balaban J connectivity index is 1.93. The SMILES string of the molecule is CCCOc1ccc(/C=C2/C(=O)N(CCc3ccc(OC)c(OC)c3)C(=O)C(C#N)=C2C)cc1OCC. The number of carbonyl (C=O) groups is 2. The van der Waals surface area contributed by atoms with Gasteiger partial charge >= 0.3 is 0 Å². The van der Waals surface area contributed by atoms with E-state index >= 15 is 0 Å². The van der Waals surface area contributed by atoms with Crippen LogP contribution in [-0.2, 0) is 16.0 Å². The summed E-state index contributed by atoms with van der Waals surface area (Å²) >= 11 is 0. The zero-order valence-electron chi connectivity index (χ0n) is 21.9. The highest BCUT2D eigenvalue weighted by atomic mass is 16.5. The molecule has 2 aromatic rings. The first kappa shape index (κ1) is 27.3. The number of methoxy groups -OCH3 is 2. The number of hydrogen-bond acceptors (Lipinski definition) is 7. The molecule has 2 aromatic carbocycles. The lowest BCUT2D eigenvalue weighted by molar-refractivity contribution is -0.140. The van der Waals surface area contributed by atoms with Crippen molar-refractivity contribution >= 4 is 17.9 Å². The molecule has 0 atom stereocenters. The molecular weight excluding hydrogens is 472 g/mol. The Bertz CT molecular complexity index is 1270. The Hall–Kier alpha value is -4.25. The molecule has 8 nitrogen and oxygen atoms in total. The van der Waals surface area contributed by atoms with Crippen molar-refractivity contribution in [2.24, 2.45) is 0 Å². The van der Waals surface area contributed by atoms with Gasteiger partial charge in [0.05, 0.1) is 27.4 Å². The summed E-state index contributed by atoms with van der Waals surface area (Å²) in [7, 11) is 3.10. The van der Waals surface area contributed by atoms with E-state index in [0.717, 1.165) is 16.9 Å². The first-order chi connectivity index (χ1) is 17.9. The molecule has 1 aliphatic rings. The van der Waals surface area contributed by atoms with Gasteiger partial charge in [-0.2, -0.15) is 5.26 Å². The molecule has 0 N–H and O–H groups in total. The van der Waals surface area contributed by atoms with E-state index in [1.54, 1.807) is 51.5 Å². The van der Waals surface area contributed by atoms with Crippen molar-refractivity contribution in [1.82, 2.24) is 4.90 Å². The minimum atomic E-state index is -0.596. The van der Waals surface area contributed by atoms with Crippen molar-refractivity contribution in [2.45, 2.75) is 33.6 Å². The Morgan fingerprint density at radius 1 is 0.919 bits per heavy atom. The third-order valence-electron chi connectivity index (χ3n) is 5.94. The Kier molecular flexibility index (Phi) is 9.33. The average molecular weight is 505 g/mol. The van der Waals surface area contributed by atoms with Gasteiger partial charge in [0.15, 0.2) is 23.0 Å². The van der Waals surface area contributed by atoms with Crippen molar-refractivity contribution < 1.29 is 28.5 Å². The fourth-order valence-electron chi connectivity index (χ4n) is 3.99. The second-order valence-electron chi connectivity index (χ2n) is 8.36. The number of ether oxygens (including phenoxy) is 4. The van der Waals surface area contributed by atoms with Gasteiger partial charge in [-0.3, -0.25) is 14.5 Å². The largest absolute Gasteiger partial charge is 0.493 e. The van der Waals surface area contributed by atoms with Gasteiger partial charge in [0.25, 0.3) is 11.8 Å². The maximum Gasteiger partial charge on any atom is 0.271 e. The number of imide groups is 1. The third-order valence-corrected chi connectivity index (χ3v) is 5.94. The van der Waals surface area contributed by atoms with Crippen LogP contribution in [-0.4, -0.2) is 50.7 Å². The molecule has 0 fully saturated rings. The molecule has 3 rings (SSSR count). The van der Waals surface area contributed by atoms with Crippen LogP contribution < -0.4 is 18.9 Å². The predicted octanol–water partition coefficient (Wildman–Crippen LogP) is 4.73. The molecule has 0 saturated heterocycles. The predicted molar refractivity (Wildman–Crippen MR) is 140 cm³/mol. The molecule has 2 amide bonds. The minimum Gasteiger partial charge on any atom is -0.493 e. The quantitative estimate of drug-likeness (QED) is 0.322. The normalized spacial score (nSPS) is 14.6. The van der Waals surface area contributed by atoms with Gasteiger partial charge in [-0.15, -0.1) is 0 Å². The first-order valence-electron chi connectivity index (χ1n) is 12.2. The van der Waals surface area contributed by atoms with Crippen LogP contribution in [0.2, 0.25) is 0 Å². The van der Waals surface area contributed by atoms with E-state index in [1.807, 2.05) is 32.0 Å². The number of nitriles is 1. The van der Waals surface area contributed by atoms with E-state index in [0.29, 0.717) is 53.8 Å². The number of hydrogen-bond donors (Lipinski definition) is 0. The summed E-state index contributed by atoms with van der Waals surface area (Å²) in [6.07, 6.45) is 2.93. The van der Waals surface area contributed by atoms with E-state index in [2.05, 4.69) is 0 Å². The lowest BCUT2D eigenvalue weighted by Gasteiger charge is -2.27. The first-order valence-corrected chi connectivity index (χ1v) is 12.2. The monoisotopic (exact) mass is 504 g/mol. The highest BCUT2D eigenvalue weighted by Crippen LogP contribution is 2.33. The number of benzene rings is 2. The zero-order valence-corrected chi connectivity index (χ0v) is 21.9. The van der Waals surface area contributed by atoms with Crippen molar-refractivity contribution in [3.05, 3.63) is 64.2 Å². The molecule has 0 spiro atoms. The van der Waals surface area contributed by atoms with Crippen LogP contribution >= 0.6 is 0 Å². The van der Waals surface area contributed by atoms with Gasteiger partial charge in [0.2, 0.25) is 0 Å². The maximum absolute atomic E-state index is 13.5. The summed E-state index contributed by atoms with van der Waals surface area (Å²) in [6.45, 7) is 6.65. The summed E-state index contributed by atoms with van der Waals surface area (Å²) in [5, 5.41) is 9.70. The summed E-state index contributed by atoms with van der Waals surface area (Å²) in [5.41, 5.74) is 2.14. The summed E-state index contributed by atoms with van der Waals surface area (Å²) in [4.78, 5) is 27.6. The maximum atomic E-state index is 13.5. The van der Waals surface area contributed by atoms with Crippen molar-refractivity contribution in [3.8, 4) is 29.1 Å². The molecule has 0 radical (unpaired) electrons. The van der Waals surface area contributed by atoms with Crippen molar-refractivity contribution in [3.63, 3.8) is 0 Å². The van der Waals surface area contributed by atoms with Gasteiger partial charge in [-0.25, -0.2) is 0 Å². The van der Waals surface area contributed by atoms with Crippen LogP contribution in [0.5, 0.6) is 23.0 Å². The van der Waals surface area contributed by atoms with Crippen LogP contribution in [0, 0.1) is 11.3 Å². The molecule has 0 unspecified atom stereocenters. The van der Waals surface area contributed by atoms with Gasteiger partial charge in [0, 0.05) is 12.1 Å². The fraction of sp³-hybridized carbons (Fsp3) is 0.345. The molecule has 0 bridgehead atoms. The van der Waals surface area contributed by atoms with Crippen LogP contribution in [0.4, 0.5) is 0 Å². The average Bonchev–Trinajstić information content (AvgIpc) is 2.90. The van der Waals surface area contributed by atoms with Crippen LogP contribution in [0.1, 0.15) is 38.3 Å². The number of carbonyl (C=O) groups excluding carboxylic acids is 2. The van der Waals surface area contributed by atoms with Crippen LogP contribution in [0.3, 0.4) is 0 Å². The fourth-order valence-corrected chi connectivity index (χ4v) is 3.99. The number of amides is 2.